The molecular formula is C19H15ClFN3O2S. The fourth-order valence-electron chi connectivity index (χ4n) is 3.05. The standard InChI is InChI=1S/C19H15ClFN3O2S/c1-27-14-4-2-3-13(9-14)24-10-12(8-17(24)25)19-22-18(23-26-19)11-5-6-16(21)15(20)7-11/h2-7,9,12H,8,10H2,1H3. The lowest BCUT2D eigenvalue weighted by atomic mass is 10.1. The molecular weight excluding hydrogens is 389 g/mol. The first kappa shape index (κ1) is 18.0. The van der Waals surface area contributed by atoms with E-state index in [0.29, 0.717) is 30.2 Å². The normalized spacial score (nSPS) is 16.9. The average Bonchev–Trinajstić information content (AvgIpc) is 3.31. The number of thioether (sulfide) groups is 1. The summed E-state index contributed by atoms with van der Waals surface area (Å²) in [5.41, 5.74) is 1.42. The first-order chi connectivity index (χ1) is 13.0. The molecule has 8 heteroatoms. The number of rotatable bonds is 4. The minimum absolute atomic E-state index is 0.00487. The van der Waals surface area contributed by atoms with E-state index in [9.17, 15) is 9.18 Å². The number of hydrogen-bond donors (Lipinski definition) is 0. The molecule has 4 rings (SSSR count). The number of halogens is 2. The Morgan fingerprint density at radius 3 is 2.93 bits per heavy atom. The molecule has 1 atom stereocenters. The number of carbonyl (C=O) groups excluding carboxylic acids is 1. The van der Waals surface area contributed by atoms with Gasteiger partial charge in [-0.3, -0.25) is 4.79 Å². The Hall–Kier alpha value is -2.38. The SMILES string of the molecule is CSc1cccc(N2CC(c3nc(-c4ccc(F)c(Cl)c4)no3)CC2=O)c1. The maximum absolute atomic E-state index is 13.3. The van der Waals surface area contributed by atoms with Crippen molar-refractivity contribution in [3.63, 3.8) is 0 Å². The molecule has 1 unspecified atom stereocenters. The predicted octanol–water partition coefficient (Wildman–Crippen LogP) is 4.77. The van der Waals surface area contributed by atoms with Crippen LogP contribution in [0.25, 0.3) is 11.4 Å². The number of amides is 1. The van der Waals surface area contributed by atoms with E-state index in [1.807, 2.05) is 30.5 Å². The highest BCUT2D eigenvalue weighted by Crippen LogP contribution is 2.33. The molecule has 0 radical (unpaired) electrons. The van der Waals surface area contributed by atoms with Gasteiger partial charge in [-0.05, 0) is 42.7 Å². The largest absolute Gasteiger partial charge is 0.339 e. The molecule has 1 aromatic heterocycles. The number of aromatic nitrogens is 2. The van der Waals surface area contributed by atoms with Gasteiger partial charge in [0, 0.05) is 29.1 Å². The van der Waals surface area contributed by atoms with Crippen molar-refractivity contribution in [2.45, 2.75) is 17.2 Å². The molecule has 1 saturated heterocycles. The van der Waals surface area contributed by atoms with Gasteiger partial charge in [-0.1, -0.05) is 22.8 Å². The van der Waals surface area contributed by atoms with Gasteiger partial charge >= 0.3 is 0 Å². The fraction of sp³-hybridized carbons (Fsp3) is 0.211. The van der Waals surface area contributed by atoms with E-state index in [4.69, 9.17) is 16.1 Å². The summed E-state index contributed by atoms with van der Waals surface area (Å²) in [7, 11) is 0. The van der Waals surface area contributed by atoms with Crippen LogP contribution in [0.5, 0.6) is 0 Å². The van der Waals surface area contributed by atoms with Crippen molar-refractivity contribution in [1.82, 2.24) is 10.1 Å². The molecule has 2 heterocycles. The Bertz CT molecular complexity index is 1010. The van der Waals surface area contributed by atoms with Crippen LogP contribution in [0.4, 0.5) is 10.1 Å². The molecule has 1 aliphatic heterocycles. The van der Waals surface area contributed by atoms with E-state index in [0.717, 1.165) is 10.6 Å². The Balaban J connectivity index is 1.55. The van der Waals surface area contributed by atoms with Gasteiger partial charge in [0.05, 0.1) is 10.9 Å². The van der Waals surface area contributed by atoms with E-state index in [1.54, 1.807) is 16.7 Å². The second kappa shape index (κ2) is 7.32. The molecule has 0 spiro atoms. The van der Waals surface area contributed by atoms with Gasteiger partial charge in [-0.25, -0.2) is 4.39 Å². The number of nitrogens with zero attached hydrogens (tertiary/aromatic N) is 3. The molecule has 0 bridgehead atoms. The third-order valence-corrected chi connectivity index (χ3v) is 5.47. The molecule has 1 amide bonds. The van der Waals surface area contributed by atoms with Crippen molar-refractivity contribution in [3.8, 4) is 11.4 Å². The lowest BCUT2D eigenvalue weighted by Gasteiger charge is -2.16. The van der Waals surface area contributed by atoms with Gasteiger partial charge < -0.3 is 9.42 Å². The van der Waals surface area contributed by atoms with Gasteiger partial charge in [0.25, 0.3) is 0 Å². The van der Waals surface area contributed by atoms with Gasteiger partial charge in [-0.2, -0.15) is 4.98 Å². The van der Waals surface area contributed by atoms with Gasteiger partial charge in [0.1, 0.15) is 5.82 Å². The molecule has 0 N–H and O–H groups in total. The van der Waals surface area contributed by atoms with Gasteiger partial charge in [-0.15, -0.1) is 11.8 Å². The summed E-state index contributed by atoms with van der Waals surface area (Å²) >= 11 is 7.44. The molecule has 3 aromatic rings. The number of anilines is 1. The zero-order valence-corrected chi connectivity index (χ0v) is 15.9. The maximum atomic E-state index is 13.3. The van der Waals surface area contributed by atoms with E-state index < -0.39 is 5.82 Å². The summed E-state index contributed by atoms with van der Waals surface area (Å²) in [6.07, 6.45) is 2.30. The lowest BCUT2D eigenvalue weighted by molar-refractivity contribution is -0.117. The Kier molecular flexibility index (Phi) is 4.88. The average molecular weight is 404 g/mol. The highest BCUT2D eigenvalue weighted by Gasteiger charge is 2.35. The number of carbonyl (C=O) groups is 1. The third kappa shape index (κ3) is 3.57. The third-order valence-electron chi connectivity index (χ3n) is 4.46. The molecule has 27 heavy (non-hydrogen) atoms. The van der Waals surface area contributed by atoms with Crippen molar-refractivity contribution in [2.75, 3.05) is 17.7 Å². The lowest BCUT2D eigenvalue weighted by Crippen LogP contribution is -2.24. The van der Waals surface area contributed by atoms with Crippen molar-refractivity contribution in [1.29, 1.82) is 0 Å². The van der Waals surface area contributed by atoms with E-state index >= 15 is 0 Å². The Labute approximate surface area is 164 Å². The van der Waals surface area contributed by atoms with Crippen LogP contribution in [-0.2, 0) is 4.79 Å². The second-order valence-electron chi connectivity index (χ2n) is 6.19. The summed E-state index contributed by atoms with van der Waals surface area (Å²) in [6.45, 7) is 0.475. The first-order valence-electron chi connectivity index (χ1n) is 8.28. The summed E-state index contributed by atoms with van der Waals surface area (Å²) in [5.74, 6) is 0.0357. The molecule has 1 aliphatic rings. The smallest absolute Gasteiger partial charge is 0.232 e. The minimum Gasteiger partial charge on any atom is -0.339 e. The van der Waals surface area contributed by atoms with Crippen molar-refractivity contribution in [3.05, 3.63) is 59.2 Å². The Morgan fingerprint density at radius 1 is 1.30 bits per heavy atom. The maximum Gasteiger partial charge on any atom is 0.232 e. The zero-order chi connectivity index (χ0) is 19.0. The minimum atomic E-state index is -0.506. The van der Waals surface area contributed by atoms with Crippen molar-refractivity contribution >= 4 is 35.0 Å². The molecule has 2 aromatic carbocycles. The van der Waals surface area contributed by atoms with Crippen LogP contribution >= 0.6 is 23.4 Å². The highest BCUT2D eigenvalue weighted by molar-refractivity contribution is 7.98. The summed E-state index contributed by atoms with van der Waals surface area (Å²) in [4.78, 5) is 19.7. The fourth-order valence-corrected chi connectivity index (χ4v) is 3.69. The van der Waals surface area contributed by atoms with Crippen LogP contribution in [-0.4, -0.2) is 28.8 Å². The molecule has 1 fully saturated rings. The summed E-state index contributed by atoms with van der Waals surface area (Å²) < 4.78 is 18.7. The van der Waals surface area contributed by atoms with Gasteiger partial charge in [0.15, 0.2) is 0 Å². The molecule has 0 saturated carbocycles. The van der Waals surface area contributed by atoms with Crippen LogP contribution in [0.2, 0.25) is 5.02 Å². The van der Waals surface area contributed by atoms with E-state index in [1.165, 1.54) is 18.2 Å². The second-order valence-corrected chi connectivity index (χ2v) is 7.48. The van der Waals surface area contributed by atoms with Gasteiger partial charge in [0.2, 0.25) is 17.6 Å². The highest BCUT2D eigenvalue weighted by atomic mass is 35.5. The molecule has 138 valence electrons. The molecule has 0 aliphatic carbocycles. The molecule has 5 nitrogen and oxygen atoms in total. The Morgan fingerprint density at radius 2 is 2.15 bits per heavy atom. The van der Waals surface area contributed by atoms with Crippen LogP contribution in [0, 0.1) is 5.82 Å². The van der Waals surface area contributed by atoms with Crippen molar-refractivity contribution < 1.29 is 13.7 Å². The van der Waals surface area contributed by atoms with Crippen LogP contribution in [0.1, 0.15) is 18.2 Å². The van der Waals surface area contributed by atoms with Crippen LogP contribution in [0.3, 0.4) is 0 Å². The van der Waals surface area contributed by atoms with E-state index in [-0.39, 0.29) is 16.8 Å². The monoisotopic (exact) mass is 403 g/mol. The number of benzene rings is 2. The first-order valence-corrected chi connectivity index (χ1v) is 9.89. The van der Waals surface area contributed by atoms with Crippen LogP contribution < -0.4 is 4.90 Å². The summed E-state index contributed by atoms with van der Waals surface area (Å²) in [6, 6.07) is 12.1. The van der Waals surface area contributed by atoms with Crippen molar-refractivity contribution in [2.24, 2.45) is 0 Å². The number of hydrogen-bond acceptors (Lipinski definition) is 5. The van der Waals surface area contributed by atoms with Crippen LogP contribution in [0.15, 0.2) is 51.9 Å². The zero-order valence-electron chi connectivity index (χ0n) is 14.4. The summed E-state index contributed by atoms with van der Waals surface area (Å²) in [5, 5.41) is 3.95. The topological polar surface area (TPSA) is 59.2 Å². The predicted molar refractivity (Wildman–Crippen MR) is 103 cm³/mol. The van der Waals surface area contributed by atoms with E-state index in [2.05, 4.69) is 10.1 Å². The quantitative estimate of drug-likeness (QED) is 0.587.